The smallest absolute Gasteiger partial charge is 0.124 e. The van der Waals surface area contributed by atoms with Gasteiger partial charge in [-0.1, -0.05) is 17.7 Å². The molecule has 5 heteroatoms. The molecule has 106 valence electrons. The van der Waals surface area contributed by atoms with E-state index in [0.717, 1.165) is 5.69 Å². The van der Waals surface area contributed by atoms with E-state index in [4.69, 9.17) is 21.1 Å². The lowest BCUT2D eigenvalue weighted by atomic mass is 10.2. The summed E-state index contributed by atoms with van der Waals surface area (Å²) in [7, 11) is 3.19. The third-order valence-electron chi connectivity index (χ3n) is 2.91. The average molecular weight is 294 g/mol. The summed E-state index contributed by atoms with van der Waals surface area (Å²) >= 11 is 6.06. The quantitative estimate of drug-likeness (QED) is 0.883. The molecule has 0 unspecified atom stereocenters. The van der Waals surface area contributed by atoms with Gasteiger partial charge in [0.15, 0.2) is 0 Å². The molecule has 20 heavy (non-hydrogen) atoms. The first-order valence-corrected chi connectivity index (χ1v) is 6.45. The van der Waals surface area contributed by atoms with Crippen LogP contribution in [0.2, 0.25) is 5.02 Å². The summed E-state index contributed by atoms with van der Waals surface area (Å²) in [6.45, 7) is 0.405. The Bertz CT molecular complexity index is 559. The van der Waals surface area contributed by atoms with Crippen LogP contribution in [0.15, 0.2) is 36.4 Å². The second kappa shape index (κ2) is 6.39. The Morgan fingerprint density at radius 2 is 1.75 bits per heavy atom. The zero-order valence-electron chi connectivity index (χ0n) is 11.3. The number of aromatic hydroxyl groups is 1. The first-order valence-electron chi connectivity index (χ1n) is 6.07. The Morgan fingerprint density at radius 1 is 1.10 bits per heavy atom. The number of hydrogen-bond acceptors (Lipinski definition) is 4. The van der Waals surface area contributed by atoms with Gasteiger partial charge in [0.2, 0.25) is 0 Å². The van der Waals surface area contributed by atoms with E-state index >= 15 is 0 Å². The maximum Gasteiger partial charge on any atom is 0.124 e. The maximum atomic E-state index is 9.80. The summed E-state index contributed by atoms with van der Waals surface area (Å²) in [6.07, 6.45) is 0. The fourth-order valence-corrected chi connectivity index (χ4v) is 2.06. The van der Waals surface area contributed by atoms with Crippen molar-refractivity contribution < 1.29 is 14.6 Å². The molecule has 0 saturated heterocycles. The second-order valence-electron chi connectivity index (χ2n) is 4.19. The molecule has 0 heterocycles. The van der Waals surface area contributed by atoms with Crippen LogP contribution >= 0.6 is 11.6 Å². The standard InChI is InChI=1S/C15H16ClNO3/c1-19-11-6-10(7-12(8-11)20-2)17-9-13-14(16)4-3-5-15(13)18/h3-8,17-18H,9H2,1-2H3. The van der Waals surface area contributed by atoms with E-state index in [0.29, 0.717) is 28.6 Å². The van der Waals surface area contributed by atoms with Gasteiger partial charge in [0.05, 0.1) is 14.2 Å². The lowest BCUT2D eigenvalue weighted by molar-refractivity contribution is 0.394. The molecule has 0 bridgehead atoms. The Kier molecular flexibility index (Phi) is 4.58. The van der Waals surface area contributed by atoms with Gasteiger partial charge in [-0.15, -0.1) is 0 Å². The van der Waals surface area contributed by atoms with Gasteiger partial charge in [-0.25, -0.2) is 0 Å². The van der Waals surface area contributed by atoms with Crippen LogP contribution in [0.3, 0.4) is 0 Å². The predicted octanol–water partition coefficient (Wildman–Crippen LogP) is 3.67. The van der Waals surface area contributed by atoms with Gasteiger partial charge >= 0.3 is 0 Å². The highest BCUT2D eigenvalue weighted by atomic mass is 35.5. The number of methoxy groups -OCH3 is 2. The average Bonchev–Trinajstić information content (AvgIpc) is 2.46. The Balaban J connectivity index is 2.18. The summed E-state index contributed by atoms with van der Waals surface area (Å²) in [5.74, 6) is 1.55. The molecule has 0 saturated carbocycles. The number of anilines is 1. The van der Waals surface area contributed by atoms with Crippen molar-refractivity contribution in [3.05, 3.63) is 47.0 Å². The number of nitrogens with one attached hydrogen (secondary N) is 1. The highest BCUT2D eigenvalue weighted by Crippen LogP contribution is 2.29. The number of phenols is 1. The molecule has 0 amide bonds. The largest absolute Gasteiger partial charge is 0.508 e. The lowest BCUT2D eigenvalue weighted by Gasteiger charge is -2.12. The first-order chi connectivity index (χ1) is 9.63. The Morgan fingerprint density at radius 3 is 2.30 bits per heavy atom. The number of hydrogen-bond donors (Lipinski definition) is 2. The number of ether oxygens (including phenoxy) is 2. The van der Waals surface area contributed by atoms with Gasteiger partial charge < -0.3 is 19.9 Å². The fraction of sp³-hybridized carbons (Fsp3) is 0.200. The minimum Gasteiger partial charge on any atom is -0.508 e. The van der Waals surface area contributed by atoms with Gasteiger partial charge in [0.25, 0.3) is 0 Å². The van der Waals surface area contributed by atoms with Crippen LogP contribution in [0, 0.1) is 0 Å². The van der Waals surface area contributed by atoms with Crippen molar-refractivity contribution in [2.45, 2.75) is 6.54 Å². The van der Waals surface area contributed by atoms with Crippen molar-refractivity contribution in [2.75, 3.05) is 19.5 Å². The van der Waals surface area contributed by atoms with E-state index in [2.05, 4.69) is 5.32 Å². The van der Waals surface area contributed by atoms with Gasteiger partial charge in [-0.2, -0.15) is 0 Å². The first kappa shape index (κ1) is 14.3. The molecule has 2 N–H and O–H groups in total. The molecule has 0 aliphatic carbocycles. The fourth-order valence-electron chi connectivity index (χ4n) is 1.82. The third kappa shape index (κ3) is 3.27. The minimum absolute atomic E-state index is 0.167. The van der Waals surface area contributed by atoms with Crippen molar-refractivity contribution in [3.8, 4) is 17.2 Å². The zero-order chi connectivity index (χ0) is 14.5. The van der Waals surface area contributed by atoms with Gasteiger partial charge in [0.1, 0.15) is 17.2 Å². The van der Waals surface area contributed by atoms with Crippen molar-refractivity contribution >= 4 is 17.3 Å². The second-order valence-corrected chi connectivity index (χ2v) is 4.60. The van der Waals surface area contributed by atoms with Crippen LogP contribution in [0.25, 0.3) is 0 Å². The van der Waals surface area contributed by atoms with Crippen LogP contribution in [0.1, 0.15) is 5.56 Å². The highest BCUT2D eigenvalue weighted by Gasteiger charge is 2.07. The molecule has 4 nitrogen and oxygen atoms in total. The Labute approximate surface area is 122 Å². The molecule has 2 rings (SSSR count). The molecule has 0 aromatic heterocycles. The van der Waals surface area contributed by atoms with Gasteiger partial charge in [0, 0.05) is 41.0 Å². The molecule has 2 aromatic carbocycles. The van der Waals surface area contributed by atoms with E-state index in [9.17, 15) is 5.11 Å². The normalized spacial score (nSPS) is 10.2. The molecule has 0 spiro atoms. The molecular formula is C15H16ClNO3. The highest BCUT2D eigenvalue weighted by molar-refractivity contribution is 6.31. The molecule has 2 aromatic rings. The third-order valence-corrected chi connectivity index (χ3v) is 3.27. The summed E-state index contributed by atoms with van der Waals surface area (Å²) < 4.78 is 10.4. The van der Waals surface area contributed by atoms with Crippen LogP contribution in [0.4, 0.5) is 5.69 Å². The summed E-state index contributed by atoms with van der Waals surface area (Å²) in [5.41, 5.74) is 1.47. The summed E-state index contributed by atoms with van der Waals surface area (Å²) in [5, 5.41) is 13.5. The van der Waals surface area contributed by atoms with E-state index in [1.54, 1.807) is 38.5 Å². The lowest BCUT2D eigenvalue weighted by Crippen LogP contribution is -2.01. The number of rotatable bonds is 5. The van der Waals surface area contributed by atoms with Crippen LogP contribution in [-0.4, -0.2) is 19.3 Å². The molecule has 0 aliphatic rings. The SMILES string of the molecule is COc1cc(NCc2c(O)cccc2Cl)cc(OC)c1. The number of phenolic OH excluding ortho intramolecular Hbond substituents is 1. The van der Waals surface area contributed by atoms with Crippen molar-refractivity contribution in [1.82, 2.24) is 0 Å². The minimum atomic E-state index is 0.167. The predicted molar refractivity (Wildman–Crippen MR) is 80.0 cm³/mol. The van der Waals surface area contributed by atoms with E-state index in [-0.39, 0.29) is 5.75 Å². The van der Waals surface area contributed by atoms with Crippen molar-refractivity contribution in [3.63, 3.8) is 0 Å². The molecule has 0 radical (unpaired) electrons. The van der Waals surface area contributed by atoms with E-state index in [1.807, 2.05) is 12.1 Å². The zero-order valence-corrected chi connectivity index (χ0v) is 12.1. The molecular weight excluding hydrogens is 278 g/mol. The Hall–Kier alpha value is -2.07. The van der Waals surface area contributed by atoms with Crippen LogP contribution in [0.5, 0.6) is 17.2 Å². The molecule has 0 atom stereocenters. The monoisotopic (exact) mass is 293 g/mol. The van der Waals surface area contributed by atoms with Crippen molar-refractivity contribution in [2.24, 2.45) is 0 Å². The topological polar surface area (TPSA) is 50.7 Å². The number of halogens is 1. The number of benzene rings is 2. The molecule has 0 fully saturated rings. The summed E-state index contributed by atoms with van der Waals surface area (Å²) in [6, 6.07) is 10.5. The van der Waals surface area contributed by atoms with Crippen LogP contribution < -0.4 is 14.8 Å². The van der Waals surface area contributed by atoms with Gasteiger partial charge in [-0.3, -0.25) is 0 Å². The summed E-state index contributed by atoms with van der Waals surface area (Å²) in [4.78, 5) is 0. The van der Waals surface area contributed by atoms with Gasteiger partial charge in [-0.05, 0) is 12.1 Å². The van der Waals surface area contributed by atoms with E-state index in [1.165, 1.54) is 0 Å². The van der Waals surface area contributed by atoms with E-state index < -0.39 is 0 Å². The maximum absolute atomic E-state index is 9.80. The van der Waals surface area contributed by atoms with Crippen molar-refractivity contribution in [1.29, 1.82) is 0 Å². The molecule has 0 aliphatic heterocycles. The van der Waals surface area contributed by atoms with Crippen LogP contribution in [-0.2, 0) is 6.54 Å².